The summed E-state index contributed by atoms with van der Waals surface area (Å²) < 4.78 is 12.3. The van der Waals surface area contributed by atoms with Gasteiger partial charge in [0.15, 0.2) is 0 Å². The van der Waals surface area contributed by atoms with Crippen molar-refractivity contribution >= 4 is 23.3 Å². The Hall–Kier alpha value is -3.55. The van der Waals surface area contributed by atoms with E-state index < -0.39 is 5.97 Å². The number of rotatable bonds is 7. The minimum atomic E-state index is -0.398. The first-order valence-corrected chi connectivity index (χ1v) is 10.9. The third-order valence-corrected chi connectivity index (χ3v) is 5.74. The van der Waals surface area contributed by atoms with Crippen LogP contribution in [0.15, 0.2) is 42.7 Å². The van der Waals surface area contributed by atoms with Crippen molar-refractivity contribution < 1.29 is 14.3 Å². The summed E-state index contributed by atoms with van der Waals surface area (Å²) in [6.45, 7) is 0. The van der Waals surface area contributed by atoms with Gasteiger partial charge in [-0.1, -0.05) is 19.3 Å². The second-order valence-electron chi connectivity index (χ2n) is 8.01. The second-order valence-corrected chi connectivity index (χ2v) is 8.01. The van der Waals surface area contributed by atoms with E-state index in [1.54, 1.807) is 30.1 Å². The van der Waals surface area contributed by atoms with Crippen LogP contribution in [0.1, 0.15) is 42.5 Å². The average Bonchev–Trinajstić information content (AvgIpc) is 3.25. The Bertz CT molecular complexity index is 1090. The number of pyridine rings is 1. The number of anilines is 3. The van der Waals surface area contributed by atoms with Crippen LogP contribution in [-0.2, 0) is 11.8 Å². The van der Waals surface area contributed by atoms with E-state index in [1.807, 2.05) is 31.4 Å². The number of hydrogen-bond donors (Lipinski definition) is 2. The molecule has 0 unspecified atom stereocenters. The van der Waals surface area contributed by atoms with Crippen molar-refractivity contribution in [3.63, 3.8) is 0 Å². The lowest BCUT2D eigenvalue weighted by Gasteiger charge is -2.24. The monoisotopic (exact) mass is 435 g/mol. The molecule has 0 bridgehead atoms. The molecule has 2 aromatic heterocycles. The van der Waals surface area contributed by atoms with Crippen LogP contribution in [0.5, 0.6) is 5.75 Å². The first kappa shape index (κ1) is 21.7. The van der Waals surface area contributed by atoms with Crippen LogP contribution < -0.4 is 15.4 Å². The first-order chi connectivity index (χ1) is 15.6. The van der Waals surface area contributed by atoms with Crippen LogP contribution in [0.3, 0.4) is 0 Å². The molecule has 32 heavy (non-hydrogen) atoms. The molecule has 1 aliphatic rings. The molecule has 8 nitrogen and oxygen atoms in total. The fraction of sp³-hybridized carbons (Fsp3) is 0.375. The minimum absolute atomic E-state index is 0.314. The smallest absolute Gasteiger partial charge is 0.341 e. The van der Waals surface area contributed by atoms with Gasteiger partial charge in [-0.2, -0.15) is 5.10 Å². The van der Waals surface area contributed by atoms with Crippen molar-refractivity contribution in [2.45, 2.75) is 38.1 Å². The molecule has 2 N–H and O–H groups in total. The number of nitrogens with one attached hydrogen (secondary N) is 2. The highest BCUT2D eigenvalue weighted by molar-refractivity contribution is 5.95. The van der Waals surface area contributed by atoms with Gasteiger partial charge in [0.2, 0.25) is 0 Å². The summed E-state index contributed by atoms with van der Waals surface area (Å²) >= 11 is 0. The largest absolute Gasteiger partial charge is 0.496 e. The van der Waals surface area contributed by atoms with E-state index in [4.69, 9.17) is 14.5 Å². The number of ether oxygens (including phenoxy) is 2. The fourth-order valence-corrected chi connectivity index (χ4v) is 4.07. The van der Waals surface area contributed by atoms with Gasteiger partial charge in [-0.25, -0.2) is 9.78 Å². The van der Waals surface area contributed by atoms with Crippen LogP contribution in [0.4, 0.5) is 17.3 Å². The Morgan fingerprint density at radius 1 is 1.12 bits per heavy atom. The summed E-state index contributed by atoms with van der Waals surface area (Å²) in [6.07, 6.45) is 9.54. The van der Waals surface area contributed by atoms with E-state index in [-0.39, 0.29) is 0 Å². The molecule has 168 valence electrons. The van der Waals surface area contributed by atoms with Crippen molar-refractivity contribution in [1.29, 1.82) is 0 Å². The van der Waals surface area contributed by atoms with E-state index in [0.717, 1.165) is 35.4 Å². The molecule has 1 saturated carbocycles. The number of nitrogens with zero attached hydrogens (tertiary/aromatic N) is 3. The number of carbonyl (C=O) groups is 1. The minimum Gasteiger partial charge on any atom is -0.496 e. The average molecular weight is 436 g/mol. The van der Waals surface area contributed by atoms with Crippen molar-refractivity contribution in [1.82, 2.24) is 14.8 Å². The number of aryl methyl sites for hydroxylation is 1. The maximum atomic E-state index is 12.3. The van der Waals surface area contributed by atoms with Crippen molar-refractivity contribution in [2.75, 3.05) is 24.9 Å². The summed E-state index contributed by atoms with van der Waals surface area (Å²) in [5, 5.41) is 11.0. The van der Waals surface area contributed by atoms with Gasteiger partial charge < -0.3 is 20.1 Å². The van der Waals surface area contributed by atoms with Gasteiger partial charge in [0.1, 0.15) is 22.9 Å². The van der Waals surface area contributed by atoms with E-state index in [0.29, 0.717) is 23.2 Å². The van der Waals surface area contributed by atoms with E-state index in [2.05, 4.69) is 15.7 Å². The Morgan fingerprint density at radius 2 is 1.94 bits per heavy atom. The SMILES string of the molecule is COC(=O)c1ccc(Nc2ccc(-c3cnn(C)c3)c(OC)c2)nc1NC1CCCCC1. The normalized spacial score (nSPS) is 14.1. The molecule has 0 saturated heterocycles. The van der Waals surface area contributed by atoms with Gasteiger partial charge in [-0.05, 0) is 37.1 Å². The maximum absolute atomic E-state index is 12.3. The molecular formula is C24H29N5O3. The van der Waals surface area contributed by atoms with E-state index in [1.165, 1.54) is 26.4 Å². The zero-order chi connectivity index (χ0) is 22.5. The highest BCUT2D eigenvalue weighted by Crippen LogP contribution is 2.33. The molecule has 0 radical (unpaired) electrons. The molecule has 2 heterocycles. The summed E-state index contributed by atoms with van der Waals surface area (Å²) in [5.74, 6) is 1.51. The summed E-state index contributed by atoms with van der Waals surface area (Å²) in [5.41, 5.74) is 3.21. The molecule has 1 fully saturated rings. The van der Waals surface area contributed by atoms with Crippen LogP contribution >= 0.6 is 0 Å². The third kappa shape index (κ3) is 4.85. The van der Waals surface area contributed by atoms with Crippen molar-refractivity contribution in [3.8, 4) is 16.9 Å². The molecular weight excluding hydrogens is 406 g/mol. The number of hydrogen-bond acceptors (Lipinski definition) is 7. The van der Waals surface area contributed by atoms with Crippen LogP contribution in [0, 0.1) is 0 Å². The number of benzene rings is 1. The van der Waals surface area contributed by atoms with Gasteiger partial charge in [-0.15, -0.1) is 0 Å². The molecule has 3 aromatic rings. The predicted molar refractivity (Wildman–Crippen MR) is 125 cm³/mol. The lowest BCUT2D eigenvalue weighted by Crippen LogP contribution is -2.24. The summed E-state index contributed by atoms with van der Waals surface area (Å²) in [6, 6.07) is 9.71. The number of aromatic nitrogens is 3. The molecule has 0 amide bonds. The lowest BCUT2D eigenvalue weighted by atomic mass is 9.95. The van der Waals surface area contributed by atoms with Crippen LogP contribution in [0.25, 0.3) is 11.1 Å². The summed E-state index contributed by atoms with van der Waals surface area (Å²) in [7, 11) is 4.91. The van der Waals surface area contributed by atoms with Gasteiger partial charge in [0.05, 0.1) is 20.4 Å². The van der Waals surface area contributed by atoms with E-state index in [9.17, 15) is 4.79 Å². The van der Waals surface area contributed by atoms with Gasteiger partial charge in [0, 0.05) is 42.2 Å². The highest BCUT2D eigenvalue weighted by atomic mass is 16.5. The highest BCUT2D eigenvalue weighted by Gasteiger charge is 2.19. The van der Waals surface area contributed by atoms with Crippen molar-refractivity contribution in [3.05, 3.63) is 48.3 Å². The molecule has 0 spiro atoms. The summed E-state index contributed by atoms with van der Waals surface area (Å²) in [4.78, 5) is 17.0. The standard InChI is InChI=1S/C24H29N5O3/c1-29-15-16(14-25-29)19-10-9-18(13-21(19)31-2)26-22-12-11-20(24(30)32-3)23(28-22)27-17-7-5-4-6-8-17/h9-15,17H,4-8H2,1-3H3,(H2,26,27,28). The zero-order valence-electron chi connectivity index (χ0n) is 18.7. The maximum Gasteiger partial charge on any atom is 0.341 e. The number of methoxy groups -OCH3 is 2. The Labute approximate surface area is 188 Å². The third-order valence-electron chi connectivity index (χ3n) is 5.74. The molecule has 0 aliphatic heterocycles. The second kappa shape index (κ2) is 9.72. The lowest BCUT2D eigenvalue weighted by molar-refractivity contribution is 0.0601. The molecule has 4 rings (SSSR count). The Balaban J connectivity index is 1.59. The first-order valence-electron chi connectivity index (χ1n) is 10.9. The van der Waals surface area contributed by atoms with Crippen molar-refractivity contribution in [2.24, 2.45) is 7.05 Å². The predicted octanol–water partition coefficient (Wildman–Crippen LogP) is 4.77. The van der Waals surface area contributed by atoms with Gasteiger partial charge in [-0.3, -0.25) is 4.68 Å². The molecule has 1 aliphatic carbocycles. The topological polar surface area (TPSA) is 90.3 Å². The zero-order valence-corrected chi connectivity index (χ0v) is 18.7. The Morgan fingerprint density at radius 3 is 2.62 bits per heavy atom. The number of esters is 1. The quantitative estimate of drug-likeness (QED) is 0.517. The Kier molecular flexibility index (Phi) is 6.58. The fourth-order valence-electron chi connectivity index (χ4n) is 4.07. The van der Waals surface area contributed by atoms with Gasteiger partial charge in [0.25, 0.3) is 0 Å². The number of carbonyl (C=O) groups excluding carboxylic acids is 1. The molecule has 1 aromatic carbocycles. The molecule has 8 heteroatoms. The van der Waals surface area contributed by atoms with Crippen LogP contribution in [-0.4, -0.2) is 41.0 Å². The van der Waals surface area contributed by atoms with Gasteiger partial charge >= 0.3 is 5.97 Å². The van der Waals surface area contributed by atoms with Crippen LogP contribution in [0.2, 0.25) is 0 Å². The van der Waals surface area contributed by atoms with E-state index >= 15 is 0 Å². The molecule has 0 atom stereocenters.